The SMILES string of the molecule is CC(N[C@@H](C)C(=O)NC(=O)Cc1cc(F)cc(F)c1)C(=O)c1ccccc1. The molecule has 5 nitrogen and oxygen atoms in total. The number of benzene rings is 2. The van der Waals surface area contributed by atoms with E-state index in [2.05, 4.69) is 10.6 Å². The van der Waals surface area contributed by atoms with Gasteiger partial charge in [0.1, 0.15) is 11.6 Å². The number of halogens is 2. The van der Waals surface area contributed by atoms with Crippen LogP contribution in [0.15, 0.2) is 48.5 Å². The first-order chi connectivity index (χ1) is 12.8. The van der Waals surface area contributed by atoms with Crippen LogP contribution in [0.3, 0.4) is 0 Å². The van der Waals surface area contributed by atoms with Gasteiger partial charge in [-0.15, -0.1) is 0 Å². The van der Waals surface area contributed by atoms with Gasteiger partial charge in [0.15, 0.2) is 5.78 Å². The van der Waals surface area contributed by atoms with Gasteiger partial charge in [0, 0.05) is 11.6 Å². The molecule has 2 atom stereocenters. The van der Waals surface area contributed by atoms with Crippen molar-refractivity contribution < 1.29 is 23.2 Å². The van der Waals surface area contributed by atoms with E-state index < -0.39 is 35.5 Å². The van der Waals surface area contributed by atoms with Gasteiger partial charge >= 0.3 is 0 Å². The Hall–Kier alpha value is -2.93. The molecule has 1 unspecified atom stereocenters. The minimum absolute atomic E-state index is 0.117. The maximum atomic E-state index is 13.1. The smallest absolute Gasteiger partial charge is 0.243 e. The van der Waals surface area contributed by atoms with Gasteiger partial charge in [-0.05, 0) is 31.5 Å². The fraction of sp³-hybridized carbons (Fsp3) is 0.250. The molecule has 142 valence electrons. The molecule has 2 amide bonds. The minimum Gasteiger partial charge on any atom is -0.296 e. The van der Waals surface area contributed by atoms with Crippen molar-refractivity contribution in [2.24, 2.45) is 0 Å². The highest BCUT2D eigenvalue weighted by molar-refractivity contribution is 6.01. The zero-order chi connectivity index (χ0) is 20.0. The third-order valence-electron chi connectivity index (χ3n) is 3.89. The molecule has 0 heterocycles. The normalized spacial score (nSPS) is 12.9. The molecule has 0 saturated heterocycles. The average molecular weight is 374 g/mol. The molecule has 0 fully saturated rings. The van der Waals surface area contributed by atoms with Crippen LogP contribution in [-0.4, -0.2) is 29.7 Å². The predicted molar refractivity (Wildman–Crippen MR) is 96.0 cm³/mol. The van der Waals surface area contributed by atoms with Crippen LogP contribution in [0.1, 0.15) is 29.8 Å². The summed E-state index contributed by atoms with van der Waals surface area (Å²) < 4.78 is 26.3. The van der Waals surface area contributed by atoms with Crippen molar-refractivity contribution in [2.75, 3.05) is 0 Å². The molecule has 2 aromatic carbocycles. The molecule has 0 aliphatic rings. The number of rotatable bonds is 7. The van der Waals surface area contributed by atoms with Crippen molar-refractivity contribution in [3.05, 3.63) is 71.3 Å². The minimum atomic E-state index is -0.819. The quantitative estimate of drug-likeness (QED) is 0.730. The summed E-state index contributed by atoms with van der Waals surface area (Å²) in [6.07, 6.45) is -0.342. The van der Waals surface area contributed by atoms with Crippen LogP contribution in [0, 0.1) is 11.6 Å². The molecule has 2 aromatic rings. The largest absolute Gasteiger partial charge is 0.296 e. The summed E-state index contributed by atoms with van der Waals surface area (Å²) in [5, 5.41) is 4.99. The number of carbonyl (C=O) groups is 3. The monoisotopic (exact) mass is 374 g/mol. The maximum Gasteiger partial charge on any atom is 0.243 e. The molecule has 0 aliphatic carbocycles. The standard InChI is InChI=1S/C20H20F2N2O3/c1-12(19(26)15-6-4-3-5-7-15)23-13(2)20(27)24-18(25)10-14-8-16(21)11-17(22)9-14/h3-9,11-13,23H,10H2,1-2H3,(H,24,25,27)/t12?,13-/m0/s1. The van der Waals surface area contributed by atoms with Gasteiger partial charge in [0.2, 0.25) is 11.8 Å². The van der Waals surface area contributed by atoms with Crippen LogP contribution in [0.4, 0.5) is 8.78 Å². The summed E-state index contributed by atoms with van der Waals surface area (Å²) >= 11 is 0. The molecule has 0 radical (unpaired) electrons. The molecule has 0 spiro atoms. The first kappa shape index (κ1) is 20.4. The molecule has 7 heteroatoms. The van der Waals surface area contributed by atoms with Gasteiger partial charge in [0.25, 0.3) is 0 Å². The Morgan fingerprint density at radius 2 is 1.52 bits per heavy atom. The average Bonchev–Trinajstić information content (AvgIpc) is 2.60. The van der Waals surface area contributed by atoms with Crippen molar-refractivity contribution in [1.82, 2.24) is 10.6 Å². The summed E-state index contributed by atoms with van der Waals surface area (Å²) in [6, 6.07) is 9.91. The number of carbonyl (C=O) groups excluding carboxylic acids is 3. The fourth-order valence-corrected chi connectivity index (χ4v) is 2.57. The highest BCUT2D eigenvalue weighted by atomic mass is 19.1. The molecule has 27 heavy (non-hydrogen) atoms. The van der Waals surface area contributed by atoms with Gasteiger partial charge < -0.3 is 0 Å². The lowest BCUT2D eigenvalue weighted by atomic mass is 10.0. The third-order valence-corrected chi connectivity index (χ3v) is 3.89. The molecule has 0 bridgehead atoms. The van der Waals surface area contributed by atoms with E-state index in [-0.39, 0.29) is 17.8 Å². The first-order valence-corrected chi connectivity index (χ1v) is 8.40. The highest BCUT2D eigenvalue weighted by Gasteiger charge is 2.22. The second kappa shape index (κ2) is 9.14. The first-order valence-electron chi connectivity index (χ1n) is 8.40. The Morgan fingerprint density at radius 3 is 2.11 bits per heavy atom. The summed E-state index contributed by atoms with van der Waals surface area (Å²) in [5.74, 6) is -3.11. The van der Waals surface area contributed by atoms with Gasteiger partial charge in [-0.25, -0.2) is 8.78 Å². The molecule has 2 N–H and O–H groups in total. The van der Waals surface area contributed by atoms with Crippen LogP contribution in [0.2, 0.25) is 0 Å². The Morgan fingerprint density at radius 1 is 0.926 bits per heavy atom. The van der Waals surface area contributed by atoms with Crippen LogP contribution < -0.4 is 10.6 Å². The van der Waals surface area contributed by atoms with Crippen molar-refractivity contribution in [3.8, 4) is 0 Å². The lowest BCUT2D eigenvalue weighted by molar-refractivity contribution is -0.131. The van der Waals surface area contributed by atoms with Crippen LogP contribution >= 0.6 is 0 Å². The second-order valence-electron chi connectivity index (χ2n) is 6.21. The summed E-state index contributed by atoms with van der Waals surface area (Å²) in [5.41, 5.74) is 0.625. The zero-order valence-electron chi connectivity index (χ0n) is 15.0. The number of imide groups is 1. The number of ketones is 1. The Balaban J connectivity index is 1.89. The summed E-state index contributed by atoms with van der Waals surface area (Å²) in [6.45, 7) is 3.13. The Bertz CT molecular complexity index is 820. The highest BCUT2D eigenvalue weighted by Crippen LogP contribution is 2.09. The molecule has 2 rings (SSSR count). The number of hydrogen-bond acceptors (Lipinski definition) is 4. The lowest BCUT2D eigenvalue weighted by Crippen LogP contribution is -2.49. The van der Waals surface area contributed by atoms with Crippen molar-refractivity contribution in [1.29, 1.82) is 0 Å². The predicted octanol–water partition coefficient (Wildman–Crippen LogP) is 2.40. The maximum absolute atomic E-state index is 13.1. The third kappa shape index (κ3) is 6.07. The number of hydrogen-bond donors (Lipinski definition) is 2. The molecule has 0 aliphatic heterocycles. The van der Waals surface area contributed by atoms with E-state index in [9.17, 15) is 23.2 Å². The van der Waals surface area contributed by atoms with Gasteiger partial charge in [-0.2, -0.15) is 0 Å². The van der Waals surface area contributed by atoms with Crippen molar-refractivity contribution in [3.63, 3.8) is 0 Å². The number of Topliss-reactive ketones (excluding diaryl/α,β-unsaturated/α-hetero) is 1. The van der Waals surface area contributed by atoms with E-state index in [1.807, 2.05) is 0 Å². The van der Waals surface area contributed by atoms with Crippen molar-refractivity contribution in [2.45, 2.75) is 32.4 Å². The molecule has 0 saturated carbocycles. The van der Waals surface area contributed by atoms with E-state index in [1.165, 1.54) is 6.92 Å². The van der Waals surface area contributed by atoms with Crippen LogP contribution in [-0.2, 0) is 16.0 Å². The van der Waals surface area contributed by atoms with E-state index in [0.717, 1.165) is 12.1 Å². The van der Waals surface area contributed by atoms with Gasteiger partial charge in [-0.1, -0.05) is 30.3 Å². The van der Waals surface area contributed by atoms with E-state index >= 15 is 0 Å². The lowest BCUT2D eigenvalue weighted by Gasteiger charge is -2.18. The van der Waals surface area contributed by atoms with Gasteiger partial charge in [-0.3, -0.25) is 25.0 Å². The molecule has 0 aromatic heterocycles. The van der Waals surface area contributed by atoms with Crippen LogP contribution in [0.25, 0.3) is 0 Å². The second-order valence-corrected chi connectivity index (χ2v) is 6.21. The summed E-state index contributed by atoms with van der Waals surface area (Å²) in [4.78, 5) is 36.3. The molecular weight excluding hydrogens is 354 g/mol. The zero-order valence-corrected chi connectivity index (χ0v) is 15.0. The molecular formula is C20H20F2N2O3. The Kier molecular flexibility index (Phi) is 6.90. The topological polar surface area (TPSA) is 75.3 Å². The number of nitrogens with one attached hydrogen (secondary N) is 2. The fourth-order valence-electron chi connectivity index (χ4n) is 2.57. The summed E-state index contributed by atoms with van der Waals surface area (Å²) in [7, 11) is 0. The number of amides is 2. The van der Waals surface area contributed by atoms with E-state index in [0.29, 0.717) is 11.6 Å². The van der Waals surface area contributed by atoms with Gasteiger partial charge in [0.05, 0.1) is 18.5 Å². The van der Waals surface area contributed by atoms with Crippen molar-refractivity contribution >= 4 is 17.6 Å². The van der Waals surface area contributed by atoms with Crippen LogP contribution in [0.5, 0.6) is 0 Å². The Labute approximate surface area is 155 Å². The van der Waals surface area contributed by atoms with E-state index in [1.54, 1.807) is 37.3 Å². The van der Waals surface area contributed by atoms with E-state index in [4.69, 9.17) is 0 Å².